The van der Waals surface area contributed by atoms with Gasteiger partial charge in [0, 0.05) is 12.8 Å². The first-order chi connectivity index (χ1) is 23.1. The van der Waals surface area contributed by atoms with Crippen LogP contribution in [0.15, 0.2) is 11.6 Å². The summed E-state index contributed by atoms with van der Waals surface area (Å²) in [5, 5.41) is 11.7. The Morgan fingerprint density at radius 3 is 1.98 bits per heavy atom. The summed E-state index contributed by atoms with van der Waals surface area (Å²) in [6, 6.07) is 0. The number of ether oxygens (including phenoxy) is 1. The molecule has 0 bridgehead atoms. The summed E-state index contributed by atoms with van der Waals surface area (Å²) in [6.45, 7) is 14.6. The SMILES string of the molecule is CCCCCCCCCCCCCCCCCC(=O)OC1CCC2(C)C(=CC(O)C3C2CCC2(C)C(C(C)CCCC(C)C)CCC32)C1. The monoisotopic (exact) mass is 669 g/mol. The molecule has 4 aliphatic carbocycles. The van der Waals surface area contributed by atoms with E-state index >= 15 is 0 Å². The van der Waals surface area contributed by atoms with Gasteiger partial charge in [0.05, 0.1) is 6.10 Å². The zero-order valence-electron chi connectivity index (χ0n) is 32.8. The van der Waals surface area contributed by atoms with Crippen LogP contribution in [0.3, 0.4) is 0 Å². The third-order valence-corrected chi connectivity index (χ3v) is 14.6. The van der Waals surface area contributed by atoms with E-state index < -0.39 is 0 Å². The van der Waals surface area contributed by atoms with Crippen LogP contribution in [-0.2, 0) is 9.53 Å². The smallest absolute Gasteiger partial charge is 0.306 e. The summed E-state index contributed by atoms with van der Waals surface area (Å²) in [6.07, 6.45) is 34.8. The van der Waals surface area contributed by atoms with Crippen molar-refractivity contribution in [2.45, 2.75) is 221 Å². The second-order valence-corrected chi connectivity index (χ2v) is 18.5. The normalized spacial score (nSPS) is 33.5. The standard InChI is InChI=1S/C45H80O3/c1-7-8-9-10-11-12-13-14-15-16-17-18-19-20-21-25-42(47)48-37-28-30-44(5)36(32-37)33-41(46)43-39-27-26-38(35(4)24-22-23-34(2)3)45(39,6)31-29-40(43)44/h33-35,37-41,43,46H,7-32H2,1-6H3. The topological polar surface area (TPSA) is 46.5 Å². The maximum atomic E-state index is 12.8. The number of aliphatic hydroxyl groups is 1. The molecule has 9 unspecified atom stereocenters. The fourth-order valence-corrected chi connectivity index (χ4v) is 11.6. The Hall–Kier alpha value is -0.830. The van der Waals surface area contributed by atoms with Crippen LogP contribution in [0.1, 0.15) is 208 Å². The molecule has 278 valence electrons. The predicted octanol–water partition coefficient (Wildman–Crippen LogP) is 13.2. The average molecular weight is 669 g/mol. The number of rotatable bonds is 22. The minimum atomic E-state index is -0.340. The van der Waals surface area contributed by atoms with Gasteiger partial charge in [-0.2, -0.15) is 0 Å². The van der Waals surface area contributed by atoms with E-state index in [-0.39, 0.29) is 23.6 Å². The second kappa shape index (κ2) is 19.7. The van der Waals surface area contributed by atoms with Crippen molar-refractivity contribution in [1.82, 2.24) is 0 Å². The number of carbonyl (C=O) groups is 1. The number of esters is 1. The van der Waals surface area contributed by atoms with Crippen molar-refractivity contribution < 1.29 is 14.6 Å². The van der Waals surface area contributed by atoms with Crippen molar-refractivity contribution in [1.29, 1.82) is 0 Å². The number of unbranched alkanes of at least 4 members (excludes halogenated alkanes) is 14. The van der Waals surface area contributed by atoms with E-state index in [1.807, 2.05) is 0 Å². The van der Waals surface area contributed by atoms with E-state index in [2.05, 4.69) is 47.6 Å². The summed E-state index contributed by atoms with van der Waals surface area (Å²) >= 11 is 0. The molecular weight excluding hydrogens is 588 g/mol. The summed E-state index contributed by atoms with van der Waals surface area (Å²) in [4.78, 5) is 12.8. The van der Waals surface area contributed by atoms with Crippen LogP contribution in [0.2, 0.25) is 0 Å². The molecule has 3 fully saturated rings. The molecule has 0 aromatic carbocycles. The number of hydrogen-bond donors (Lipinski definition) is 1. The minimum Gasteiger partial charge on any atom is -0.462 e. The largest absolute Gasteiger partial charge is 0.462 e. The Kier molecular flexibility index (Phi) is 16.4. The Balaban J connectivity index is 1.13. The summed E-state index contributed by atoms with van der Waals surface area (Å²) < 4.78 is 6.09. The molecule has 48 heavy (non-hydrogen) atoms. The van der Waals surface area contributed by atoms with E-state index in [0.717, 1.165) is 49.9 Å². The molecule has 0 amide bonds. The van der Waals surface area contributed by atoms with Gasteiger partial charge in [0.2, 0.25) is 0 Å². The lowest BCUT2D eigenvalue weighted by Crippen LogP contribution is -2.55. The molecule has 0 heterocycles. The van der Waals surface area contributed by atoms with Gasteiger partial charge in [0.15, 0.2) is 0 Å². The molecule has 0 aromatic heterocycles. The van der Waals surface area contributed by atoms with Gasteiger partial charge >= 0.3 is 5.97 Å². The first-order valence-electron chi connectivity index (χ1n) is 21.7. The molecule has 9 atom stereocenters. The van der Waals surface area contributed by atoms with Crippen molar-refractivity contribution in [3.63, 3.8) is 0 Å². The highest BCUT2D eigenvalue weighted by Gasteiger charge is 2.61. The van der Waals surface area contributed by atoms with Gasteiger partial charge in [-0.25, -0.2) is 0 Å². The van der Waals surface area contributed by atoms with Crippen LogP contribution in [0, 0.1) is 46.3 Å². The minimum absolute atomic E-state index is 0.000996. The van der Waals surface area contributed by atoms with Crippen molar-refractivity contribution >= 4 is 5.97 Å². The number of hydrogen-bond acceptors (Lipinski definition) is 3. The fourth-order valence-electron chi connectivity index (χ4n) is 11.6. The van der Waals surface area contributed by atoms with Gasteiger partial charge < -0.3 is 9.84 Å². The van der Waals surface area contributed by atoms with Crippen molar-refractivity contribution in [2.75, 3.05) is 0 Å². The first kappa shape index (κ1) is 39.9. The van der Waals surface area contributed by atoms with E-state index in [9.17, 15) is 9.90 Å². The van der Waals surface area contributed by atoms with Crippen molar-refractivity contribution in [2.24, 2.45) is 46.3 Å². The molecule has 0 saturated heterocycles. The molecule has 3 nitrogen and oxygen atoms in total. The van der Waals surface area contributed by atoms with E-state index in [1.165, 1.54) is 134 Å². The van der Waals surface area contributed by atoms with E-state index in [4.69, 9.17) is 4.74 Å². The van der Waals surface area contributed by atoms with Gasteiger partial charge in [-0.15, -0.1) is 0 Å². The zero-order chi connectivity index (χ0) is 34.6. The average Bonchev–Trinajstić information content (AvgIpc) is 3.40. The number of fused-ring (bicyclic) bond motifs is 5. The fraction of sp³-hybridized carbons (Fsp3) is 0.933. The number of aliphatic hydroxyl groups excluding tert-OH is 1. The first-order valence-corrected chi connectivity index (χ1v) is 21.7. The summed E-state index contributed by atoms with van der Waals surface area (Å²) in [5.74, 6) is 4.01. The van der Waals surface area contributed by atoms with Gasteiger partial charge in [0.1, 0.15) is 6.10 Å². The highest BCUT2D eigenvalue weighted by atomic mass is 16.5. The lowest BCUT2D eigenvalue weighted by atomic mass is 9.46. The van der Waals surface area contributed by atoms with Gasteiger partial charge in [-0.3, -0.25) is 4.79 Å². The molecule has 3 saturated carbocycles. The summed E-state index contributed by atoms with van der Waals surface area (Å²) in [5.41, 5.74) is 1.93. The molecule has 1 N–H and O–H groups in total. The second-order valence-electron chi connectivity index (χ2n) is 18.5. The highest BCUT2D eigenvalue weighted by Crippen LogP contribution is 2.67. The maximum absolute atomic E-state index is 12.8. The third-order valence-electron chi connectivity index (χ3n) is 14.6. The van der Waals surface area contributed by atoms with Crippen LogP contribution in [0.25, 0.3) is 0 Å². The molecule has 0 spiro atoms. The van der Waals surface area contributed by atoms with Crippen LogP contribution in [-0.4, -0.2) is 23.3 Å². The molecule has 4 rings (SSSR count). The van der Waals surface area contributed by atoms with Crippen LogP contribution < -0.4 is 0 Å². The van der Waals surface area contributed by atoms with Gasteiger partial charge in [-0.05, 0) is 91.3 Å². The zero-order valence-corrected chi connectivity index (χ0v) is 32.8. The molecule has 0 aliphatic heterocycles. The maximum Gasteiger partial charge on any atom is 0.306 e. The lowest BCUT2D eigenvalue weighted by molar-refractivity contribution is -0.152. The predicted molar refractivity (Wildman–Crippen MR) is 204 cm³/mol. The molecule has 4 aliphatic rings. The molecule has 0 radical (unpaired) electrons. The molecule has 3 heteroatoms. The Bertz CT molecular complexity index is 969. The quantitative estimate of drug-likeness (QED) is 0.0709. The Labute approximate surface area is 298 Å². The van der Waals surface area contributed by atoms with Crippen LogP contribution in [0.4, 0.5) is 0 Å². The van der Waals surface area contributed by atoms with Crippen LogP contribution in [0.5, 0.6) is 0 Å². The lowest BCUT2D eigenvalue weighted by Gasteiger charge is -2.59. The van der Waals surface area contributed by atoms with Crippen molar-refractivity contribution in [3.8, 4) is 0 Å². The van der Waals surface area contributed by atoms with Crippen molar-refractivity contribution in [3.05, 3.63) is 11.6 Å². The Morgan fingerprint density at radius 2 is 1.38 bits per heavy atom. The van der Waals surface area contributed by atoms with E-state index in [1.54, 1.807) is 0 Å². The molecular formula is C45H80O3. The highest BCUT2D eigenvalue weighted by molar-refractivity contribution is 5.69. The molecule has 0 aromatic rings. The van der Waals surface area contributed by atoms with Gasteiger partial charge in [-0.1, -0.05) is 162 Å². The van der Waals surface area contributed by atoms with Crippen LogP contribution >= 0.6 is 0 Å². The Morgan fingerprint density at radius 1 is 0.771 bits per heavy atom. The van der Waals surface area contributed by atoms with Gasteiger partial charge in [0.25, 0.3) is 0 Å². The third kappa shape index (κ3) is 10.6. The summed E-state index contributed by atoms with van der Waals surface area (Å²) in [7, 11) is 0. The van der Waals surface area contributed by atoms with E-state index in [0.29, 0.717) is 29.6 Å². The number of carbonyl (C=O) groups excluding carboxylic acids is 1.